The molecular weight excluding hydrogens is 133 g/mol. The van der Waals surface area contributed by atoms with Crippen LogP contribution in [-0.2, 0) is 0 Å². The van der Waals surface area contributed by atoms with Crippen LogP contribution in [0.2, 0.25) is 0 Å². The summed E-state index contributed by atoms with van der Waals surface area (Å²) in [6.45, 7) is 3.28. The van der Waals surface area contributed by atoms with Crippen molar-refractivity contribution in [1.29, 1.82) is 0 Å². The molecule has 0 aromatic carbocycles. The first-order valence-corrected chi connectivity index (χ1v) is 2.97. The number of H-pyrrole nitrogens is 1. The van der Waals surface area contributed by atoms with Crippen molar-refractivity contribution in [3.05, 3.63) is 33.5 Å². The van der Waals surface area contributed by atoms with E-state index in [4.69, 9.17) is 0 Å². The second-order valence-corrected chi connectivity index (χ2v) is 2.28. The molecule has 1 heterocycles. The third-order valence-electron chi connectivity index (χ3n) is 1.29. The number of aromatic nitrogens is 1. The minimum Gasteiger partial charge on any atom is -0.324 e. The summed E-state index contributed by atoms with van der Waals surface area (Å²) in [4.78, 5) is 13.0. The van der Waals surface area contributed by atoms with Gasteiger partial charge in [-0.1, -0.05) is 0 Å². The number of hydrogen-bond acceptors (Lipinski definition) is 1. The molecule has 0 aliphatic carbocycles. The van der Waals surface area contributed by atoms with E-state index in [-0.39, 0.29) is 0 Å². The molecule has 0 bridgehead atoms. The zero-order valence-electron chi connectivity index (χ0n) is 5.86. The maximum Gasteiger partial charge on any atom is 0.284 e. The summed E-state index contributed by atoms with van der Waals surface area (Å²) in [5.74, 6) is -0.689. The summed E-state index contributed by atoms with van der Waals surface area (Å²) in [5, 5.41) is 0. The van der Waals surface area contributed by atoms with Gasteiger partial charge in [0.25, 0.3) is 5.56 Å². The van der Waals surface area contributed by atoms with Crippen LogP contribution in [0.1, 0.15) is 11.3 Å². The molecular formula is C7H8FNO. The highest BCUT2D eigenvalue weighted by molar-refractivity contribution is 5.15. The lowest BCUT2D eigenvalue weighted by Crippen LogP contribution is -2.12. The third kappa shape index (κ3) is 1.07. The molecule has 10 heavy (non-hydrogen) atoms. The summed E-state index contributed by atoms with van der Waals surface area (Å²) >= 11 is 0. The zero-order chi connectivity index (χ0) is 7.72. The predicted molar refractivity (Wildman–Crippen MR) is 36.5 cm³/mol. The second-order valence-electron chi connectivity index (χ2n) is 2.28. The lowest BCUT2D eigenvalue weighted by Gasteiger charge is -1.95. The number of halogens is 1. The van der Waals surface area contributed by atoms with Crippen LogP contribution in [0.5, 0.6) is 0 Å². The predicted octanol–water partition coefficient (Wildman–Crippen LogP) is 1.13. The molecule has 0 atom stereocenters. The first-order valence-electron chi connectivity index (χ1n) is 2.97. The number of hydrogen-bond donors (Lipinski definition) is 1. The van der Waals surface area contributed by atoms with Crippen LogP contribution < -0.4 is 5.56 Å². The largest absolute Gasteiger partial charge is 0.324 e. The van der Waals surface area contributed by atoms with Crippen molar-refractivity contribution < 1.29 is 4.39 Å². The molecule has 0 saturated carbocycles. The first-order chi connectivity index (χ1) is 4.61. The van der Waals surface area contributed by atoms with Crippen molar-refractivity contribution in [1.82, 2.24) is 4.98 Å². The Labute approximate surface area is 57.7 Å². The smallest absolute Gasteiger partial charge is 0.284 e. The van der Waals surface area contributed by atoms with Crippen LogP contribution in [0, 0.1) is 19.7 Å². The average molecular weight is 141 g/mol. The van der Waals surface area contributed by atoms with Gasteiger partial charge in [-0.15, -0.1) is 0 Å². The molecule has 0 radical (unpaired) electrons. The number of aryl methyl sites for hydroxylation is 2. The van der Waals surface area contributed by atoms with Crippen LogP contribution in [0.4, 0.5) is 4.39 Å². The van der Waals surface area contributed by atoms with Gasteiger partial charge in [0.05, 0.1) is 0 Å². The molecule has 1 rings (SSSR count). The fourth-order valence-corrected chi connectivity index (χ4v) is 0.837. The second kappa shape index (κ2) is 2.25. The van der Waals surface area contributed by atoms with Crippen LogP contribution >= 0.6 is 0 Å². The summed E-state index contributed by atoms with van der Waals surface area (Å²) in [6, 6.07) is 1.59. The maximum atomic E-state index is 12.6. The number of aromatic amines is 1. The Morgan fingerprint density at radius 2 is 2.10 bits per heavy atom. The van der Waals surface area contributed by atoms with E-state index < -0.39 is 11.4 Å². The molecule has 0 saturated heterocycles. The number of nitrogens with one attached hydrogen (secondary N) is 1. The summed E-state index contributed by atoms with van der Waals surface area (Å²) in [7, 11) is 0. The van der Waals surface area contributed by atoms with Crippen molar-refractivity contribution >= 4 is 0 Å². The molecule has 0 aliphatic heterocycles. The SMILES string of the molecule is Cc1cc(C)c(F)c(=O)[nH]1. The Bertz CT molecular complexity index is 303. The fourth-order valence-electron chi connectivity index (χ4n) is 0.837. The summed E-state index contributed by atoms with van der Waals surface area (Å²) < 4.78 is 12.6. The van der Waals surface area contributed by atoms with Gasteiger partial charge in [0, 0.05) is 5.69 Å². The topological polar surface area (TPSA) is 32.9 Å². The van der Waals surface area contributed by atoms with Gasteiger partial charge in [-0.3, -0.25) is 4.79 Å². The lowest BCUT2D eigenvalue weighted by atomic mass is 10.2. The Morgan fingerprint density at radius 1 is 1.50 bits per heavy atom. The highest BCUT2D eigenvalue weighted by atomic mass is 19.1. The Balaban J connectivity index is 3.46. The van der Waals surface area contributed by atoms with Gasteiger partial charge in [0.2, 0.25) is 0 Å². The van der Waals surface area contributed by atoms with Gasteiger partial charge in [-0.05, 0) is 25.5 Å². The standard InChI is InChI=1S/C7H8FNO/c1-4-3-5(2)9-7(10)6(4)8/h3H,1-2H3,(H,9,10). The van der Waals surface area contributed by atoms with Crippen molar-refractivity contribution in [3.63, 3.8) is 0 Å². The van der Waals surface area contributed by atoms with E-state index in [0.29, 0.717) is 11.3 Å². The summed E-state index contributed by atoms with van der Waals surface area (Å²) in [6.07, 6.45) is 0. The van der Waals surface area contributed by atoms with Gasteiger partial charge in [0.1, 0.15) is 0 Å². The Hall–Kier alpha value is -1.12. The third-order valence-corrected chi connectivity index (χ3v) is 1.29. The average Bonchev–Trinajstić information content (AvgIpc) is 1.82. The zero-order valence-corrected chi connectivity index (χ0v) is 5.86. The lowest BCUT2D eigenvalue weighted by molar-refractivity contribution is 0.597. The molecule has 0 fully saturated rings. The van der Waals surface area contributed by atoms with Gasteiger partial charge >= 0.3 is 0 Å². The van der Waals surface area contributed by atoms with Gasteiger partial charge in [-0.25, -0.2) is 4.39 Å². The molecule has 0 aliphatic rings. The molecule has 1 N–H and O–H groups in total. The van der Waals surface area contributed by atoms with E-state index in [2.05, 4.69) is 4.98 Å². The van der Waals surface area contributed by atoms with Crippen molar-refractivity contribution in [3.8, 4) is 0 Å². The number of pyridine rings is 1. The van der Waals surface area contributed by atoms with Gasteiger partial charge < -0.3 is 4.98 Å². The molecule has 2 nitrogen and oxygen atoms in total. The van der Waals surface area contributed by atoms with Crippen molar-refractivity contribution in [2.24, 2.45) is 0 Å². The minimum absolute atomic E-state index is 0.390. The van der Waals surface area contributed by atoms with E-state index in [1.165, 1.54) is 0 Å². The van der Waals surface area contributed by atoms with Crippen molar-refractivity contribution in [2.45, 2.75) is 13.8 Å². The molecule has 3 heteroatoms. The van der Waals surface area contributed by atoms with Crippen LogP contribution in [0.25, 0.3) is 0 Å². The molecule has 0 amide bonds. The van der Waals surface area contributed by atoms with E-state index in [1.807, 2.05) is 0 Å². The van der Waals surface area contributed by atoms with Gasteiger partial charge in [-0.2, -0.15) is 0 Å². The molecule has 0 unspecified atom stereocenters. The van der Waals surface area contributed by atoms with E-state index in [1.54, 1.807) is 19.9 Å². The summed E-state index contributed by atoms with van der Waals surface area (Å²) in [5.41, 5.74) is 0.433. The molecule has 1 aromatic rings. The highest BCUT2D eigenvalue weighted by Gasteiger charge is 2.01. The Morgan fingerprint density at radius 3 is 2.60 bits per heavy atom. The molecule has 0 spiro atoms. The maximum absolute atomic E-state index is 12.6. The van der Waals surface area contributed by atoms with Crippen molar-refractivity contribution in [2.75, 3.05) is 0 Å². The van der Waals surface area contributed by atoms with E-state index in [9.17, 15) is 9.18 Å². The van der Waals surface area contributed by atoms with Crippen LogP contribution in [-0.4, -0.2) is 4.98 Å². The minimum atomic E-state index is -0.689. The number of rotatable bonds is 0. The molecule has 54 valence electrons. The van der Waals surface area contributed by atoms with E-state index in [0.717, 1.165) is 0 Å². The van der Waals surface area contributed by atoms with E-state index >= 15 is 0 Å². The van der Waals surface area contributed by atoms with Crippen LogP contribution in [0.3, 0.4) is 0 Å². The fraction of sp³-hybridized carbons (Fsp3) is 0.286. The monoisotopic (exact) mass is 141 g/mol. The molecule has 1 aromatic heterocycles. The quantitative estimate of drug-likeness (QED) is 0.577. The normalized spacial score (nSPS) is 9.90. The Kier molecular flexibility index (Phi) is 1.57. The first kappa shape index (κ1) is 6.99. The van der Waals surface area contributed by atoms with Crippen LogP contribution in [0.15, 0.2) is 10.9 Å². The highest BCUT2D eigenvalue weighted by Crippen LogP contribution is 1.99. The van der Waals surface area contributed by atoms with Gasteiger partial charge in [0.15, 0.2) is 5.82 Å².